The number of hydrogen-bond donors (Lipinski definition) is 1. The topological polar surface area (TPSA) is 29.5 Å². The quantitative estimate of drug-likeness (QED) is 0.806. The summed E-state index contributed by atoms with van der Waals surface area (Å²) in [5.41, 5.74) is 2.14. The lowest BCUT2D eigenvalue weighted by Crippen LogP contribution is -2.08. The molecule has 84 valence electrons. The SMILES string of the molecule is Cc1ccccc1C(O)CCOC(C)C. The summed E-state index contributed by atoms with van der Waals surface area (Å²) in [7, 11) is 0. The summed E-state index contributed by atoms with van der Waals surface area (Å²) >= 11 is 0. The zero-order chi connectivity index (χ0) is 11.3. The fourth-order valence-electron chi connectivity index (χ4n) is 1.53. The van der Waals surface area contributed by atoms with Gasteiger partial charge < -0.3 is 9.84 Å². The van der Waals surface area contributed by atoms with Crippen molar-refractivity contribution in [1.82, 2.24) is 0 Å². The first-order chi connectivity index (χ1) is 7.11. The maximum Gasteiger partial charge on any atom is 0.0814 e. The van der Waals surface area contributed by atoms with Crippen LogP contribution in [0.3, 0.4) is 0 Å². The van der Waals surface area contributed by atoms with E-state index in [0.29, 0.717) is 13.0 Å². The van der Waals surface area contributed by atoms with Gasteiger partial charge in [0.2, 0.25) is 0 Å². The van der Waals surface area contributed by atoms with Crippen LogP contribution >= 0.6 is 0 Å². The van der Waals surface area contributed by atoms with Gasteiger partial charge in [-0.3, -0.25) is 0 Å². The Morgan fingerprint density at radius 2 is 1.93 bits per heavy atom. The highest BCUT2D eigenvalue weighted by Gasteiger charge is 2.09. The van der Waals surface area contributed by atoms with Crippen molar-refractivity contribution in [3.05, 3.63) is 35.4 Å². The van der Waals surface area contributed by atoms with E-state index in [9.17, 15) is 5.11 Å². The molecule has 2 nitrogen and oxygen atoms in total. The summed E-state index contributed by atoms with van der Waals surface area (Å²) in [5.74, 6) is 0. The highest BCUT2D eigenvalue weighted by atomic mass is 16.5. The summed E-state index contributed by atoms with van der Waals surface area (Å²) in [6, 6.07) is 7.92. The first-order valence-corrected chi connectivity index (χ1v) is 5.46. The summed E-state index contributed by atoms with van der Waals surface area (Å²) in [6.07, 6.45) is 0.474. The predicted octanol–water partition coefficient (Wildman–Crippen LogP) is 2.84. The normalized spacial score (nSPS) is 13.1. The zero-order valence-corrected chi connectivity index (χ0v) is 9.73. The van der Waals surface area contributed by atoms with E-state index >= 15 is 0 Å². The molecule has 0 saturated carbocycles. The van der Waals surface area contributed by atoms with E-state index in [2.05, 4.69) is 0 Å². The molecule has 1 unspecified atom stereocenters. The molecule has 0 spiro atoms. The fourth-order valence-corrected chi connectivity index (χ4v) is 1.53. The monoisotopic (exact) mass is 208 g/mol. The molecule has 0 fully saturated rings. The Morgan fingerprint density at radius 3 is 2.53 bits per heavy atom. The van der Waals surface area contributed by atoms with E-state index in [4.69, 9.17) is 4.74 Å². The second-order valence-electron chi connectivity index (χ2n) is 4.08. The van der Waals surface area contributed by atoms with Gasteiger partial charge in [0, 0.05) is 13.0 Å². The smallest absolute Gasteiger partial charge is 0.0814 e. The zero-order valence-electron chi connectivity index (χ0n) is 9.73. The number of ether oxygens (including phenoxy) is 1. The second-order valence-corrected chi connectivity index (χ2v) is 4.08. The molecule has 1 rings (SSSR count). The van der Waals surface area contributed by atoms with E-state index in [1.165, 1.54) is 0 Å². The molecule has 0 aromatic heterocycles. The van der Waals surface area contributed by atoms with Gasteiger partial charge in [0.05, 0.1) is 12.2 Å². The molecule has 1 N–H and O–H groups in total. The van der Waals surface area contributed by atoms with Crippen LogP contribution < -0.4 is 0 Å². The van der Waals surface area contributed by atoms with Gasteiger partial charge in [0.1, 0.15) is 0 Å². The third-order valence-corrected chi connectivity index (χ3v) is 2.39. The van der Waals surface area contributed by atoms with E-state index < -0.39 is 6.10 Å². The minimum absolute atomic E-state index is 0.231. The van der Waals surface area contributed by atoms with E-state index in [-0.39, 0.29) is 6.10 Å². The Hall–Kier alpha value is -0.860. The molecule has 1 aromatic rings. The summed E-state index contributed by atoms with van der Waals surface area (Å²) in [4.78, 5) is 0. The highest BCUT2D eigenvalue weighted by molar-refractivity contribution is 5.27. The predicted molar refractivity (Wildman–Crippen MR) is 61.8 cm³/mol. The van der Waals surface area contributed by atoms with Crippen molar-refractivity contribution in [1.29, 1.82) is 0 Å². The fraction of sp³-hybridized carbons (Fsp3) is 0.538. The van der Waals surface area contributed by atoms with E-state index in [1.807, 2.05) is 45.0 Å². The number of hydrogen-bond acceptors (Lipinski definition) is 2. The lowest BCUT2D eigenvalue weighted by molar-refractivity contribution is 0.0464. The van der Waals surface area contributed by atoms with Crippen LogP contribution in [0.2, 0.25) is 0 Å². The molecule has 0 aliphatic heterocycles. The first-order valence-electron chi connectivity index (χ1n) is 5.46. The molecule has 0 aliphatic rings. The molecule has 0 heterocycles. The van der Waals surface area contributed by atoms with Crippen LogP contribution in [0.15, 0.2) is 24.3 Å². The molecule has 0 bridgehead atoms. The molecule has 1 aromatic carbocycles. The molecule has 2 heteroatoms. The minimum atomic E-state index is -0.412. The summed E-state index contributed by atoms with van der Waals surface area (Å²) in [5, 5.41) is 9.93. The average molecular weight is 208 g/mol. The van der Waals surface area contributed by atoms with Crippen molar-refractivity contribution < 1.29 is 9.84 Å². The van der Waals surface area contributed by atoms with Gasteiger partial charge >= 0.3 is 0 Å². The van der Waals surface area contributed by atoms with Crippen molar-refractivity contribution in [3.63, 3.8) is 0 Å². The number of benzene rings is 1. The average Bonchev–Trinajstić information content (AvgIpc) is 2.17. The van der Waals surface area contributed by atoms with Gasteiger partial charge in [0.25, 0.3) is 0 Å². The van der Waals surface area contributed by atoms with Crippen molar-refractivity contribution in [3.8, 4) is 0 Å². The van der Waals surface area contributed by atoms with Crippen molar-refractivity contribution in [2.75, 3.05) is 6.61 Å². The Kier molecular flexibility index (Phi) is 4.79. The molecule has 0 radical (unpaired) electrons. The van der Waals surface area contributed by atoms with Crippen molar-refractivity contribution in [2.45, 2.75) is 39.4 Å². The van der Waals surface area contributed by atoms with Gasteiger partial charge in [-0.25, -0.2) is 0 Å². The number of aliphatic hydroxyl groups excluding tert-OH is 1. The Morgan fingerprint density at radius 1 is 1.27 bits per heavy atom. The van der Waals surface area contributed by atoms with E-state index in [1.54, 1.807) is 0 Å². The van der Waals surface area contributed by atoms with Crippen LogP contribution in [-0.4, -0.2) is 17.8 Å². The van der Waals surface area contributed by atoms with Crippen LogP contribution in [0.25, 0.3) is 0 Å². The molecule has 0 aliphatic carbocycles. The lowest BCUT2D eigenvalue weighted by Gasteiger charge is -2.14. The van der Waals surface area contributed by atoms with Crippen LogP contribution in [-0.2, 0) is 4.74 Å². The van der Waals surface area contributed by atoms with Gasteiger partial charge in [0.15, 0.2) is 0 Å². The van der Waals surface area contributed by atoms with Gasteiger partial charge in [-0.1, -0.05) is 24.3 Å². The van der Waals surface area contributed by atoms with Crippen LogP contribution in [0.4, 0.5) is 0 Å². The third kappa shape index (κ3) is 4.02. The maximum absolute atomic E-state index is 9.93. The largest absolute Gasteiger partial charge is 0.388 e. The number of aliphatic hydroxyl groups is 1. The Bertz CT molecular complexity index is 294. The van der Waals surface area contributed by atoms with Crippen LogP contribution in [0.5, 0.6) is 0 Å². The lowest BCUT2D eigenvalue weighted by atomic mass is 10.0. The van der Waals surface area contributed by atoms with Gasteiger partial charge in [-0.2, -0.15) is 0 Å². The minimum Gasteiger partial charge on any atom is -0.388 e. The highest BCUT2D eigenvalue weighted by Crippen LogP contribution is 2.20. The van der Waals surface area contributed by atoms with Gasteiger partial charge in [-0.05, 0) is 31.9 Å². The standard InChI is InChI=1S/C13H20O2/c1-10(2)15-9-8-13(14)12-7-5-4-6-11(12)3/h4-7,10,13-14H,8-9H2,1-3H3. The number of aryl methyl sites for hydroxylation is 1. The molecule has 0 amide bonds. The van der Waals surface area contributed by atoms with Crippen molar-refractivity contribution >= 4 is 0 Å². The summed E-state index contributed by atoms with van der Waals surface area (Å²) in [6.45, 7) is 6.62. The van der Waals surface area contributed by atoms with Gasteiger partial charge in [-0.15, -0.1) is 0 Å². The number of rotatable bonds is 5. The van der Waals surface area contributed by atoms with Crippen LogP contribution in [0, 0.1) is 6.92 Å². The summed E-state index contributed by atoms with van der Waals surface area (Å²) < 4.78 is 5.41. The van der Waals surface area contributed by atoms with Crippen LogP contribution in [0.1, 0.15) is 37.5 Å². The third-order valence-electron chi connectivity index (χ3n) is 2.39. The Labute approximate surface area is 91.9 Å². The second kappa shape index (κ2) is 5.89. The molecular formula is C13H20O2. The first kappa shape index (κ1) is 12.2. The Balaban J connectivity index is 2.47. The molecule has 0 saturated heterocycles. The molecular weight excluding hydrogens is 188 g/mol. The molecule has 15 heavy (non-hydrogen) atoms. The van der Waals surface area contributed by atoms with Crippen molar-refractivity contribution in [2.24, 2.45) is 0 Å². The molecule has 1 atom stereocenters. The maximum atomic E-state index is 9.93. The van der Waals surface area contributed by atoms with E-state index in [0.717, 1.165) is 11.1 Å².